The molecule has 0 unspecified atom stereocenters. The predicted octanol–water partition coefficient (Wildman–Crippen LogP) is 14.9. The van der Waals surface area contributed by atoms with E-state index in [0.717, 1.165) is 22.7 Å². The van der Waals surface area contributed by atoms with Gasteiger partial charge in [-0.1, -0.05) is 182 Å². The van der Waals surface area contributed by atoms with Gasteiger partial charge in [-0.3, -0.25) is 0 Å². The summed E-state index contributed by atoms with van der Waals surface area (Å²) in [6.07, 6.45) is 0. The average molecular weight is 715 g/mol. The first kappa shape index (κ1) is 33.2. The third kappa shape index (κ3) is 6.04. The van der Waals surface area contributed by atoms with E-state index in [1.807, 2.05) is 0 Å². The zero-order chi connectivity index (χ0) is 37.3. The Hall–Kier alpha value is -7.42. The molecular formula is C54H38N2. The summed E-state index contributed by atoms with van der Waals surface area (Å²) in [6, 6.07) is 83.1. The van der Waals surface area contributed by atoms with Crippen LogP contribution < -0.4 is 4.90 Å². The largest absolute Gasteiger partial charge is 0.310 e. The van der Waals surface area contributed by atoms with E-state index in [1.54, 1.807) is 0 Å². The zero-order valence-electron chi connectivity index (χ0n) is 30.8. The highest BCUT2D eigenvalue weighted by Gasteiger charge is 2.21. The van der Waals surface area contributed by atoms with Crippen LogP contribution in [0.3, 0.4) is 0 Å². The molecule has 1 aromatic heterocycles. The molecule has 264 valence electrons. The van der Waals surface area contributed by atoms with E-state index < -0.39 is 0 Å². The summed E-state index contributed by atoms with van der Waals surface area (Å²) in [7, 11) is 0. The lowest BCUT2D eigenvalue weighted by atomic mass is 9.93. The van der Waals surface area contributed by atoms with Gasteiger partial charge >= 0.3 is 0 Å². The lowest BCUT2D eigenvalue weighted by Crippen LogP contribution is -2.11. The van der Waals surface area contributed by atoms with Gasteiger partial charge in [0.25, 0.3) is 0 Å². The number of hydrogen-bond donors (Lipinski definition) is 0. The van der Waals surface area contributed by atoms with Crippen LogP contribution in [0.2, 0.25) is 0 Å². The van der Waals surface area contributed by atoms with Crippen molar-refractivity contribution in [2.24, 2.45) is 0 Å². The van der Waals surface area contributed by atoms with E-state index in [1.165, 1.54) is 66.3 Å². The van der Waals surface area contributed by atoms with Crippen molar-refractivity contribution in [2.45, 2.75) is 0 Å². The molecule has 0 atom stereocenters. The Balaban J connectivity index is 1.23. The van der Waals surface area contributed by atoms with Crippen LogP contribution in [0, 0.1) is 0 Å². The first-order valence-electron chi connectivity index (χ1n) is 19.2. The van der Waals surface area contributed by atoms with E-state index in [9.17, 15) is 0 Å². The number of rotatable bonds is 8. The zero-order valence-corrected chi connectivity index (χ0v) is 30.8. The smallest absolute Gasteiger partial charge is 0.0561 e. The molecule has 0 fully saturated rings. The topological polar surface area (TPSA) is 8.17 Å². The maximum Gasteiger partial charge on any atom is 0.0561 e. The van der Waals surface area contributed by atoms with Crippen LogP contribution in [0.25, 0.3) is 72.0 Å². The Labute approximate surface area is 327 Å². The van der Waals surface area contributed by atoms with Crippen molar-refractivity contribution in [3.63, 3.8) is 0 Å². The molecule has 0 aliphatic heterocycles. The molecule has 56 heavy (non-hydrogen) atoms. The predicted molar refractivity (Wildman–Crippen MR) is 237 cm³/mol. The number of anilines is 3. The van der Waals surface area contributed by atoms with E-state index >= 15 is 0 Å². The molecule has 0 spiro atoms. The standard InChI is InChI=1S/C54H38N2/c1-5-17-39(18-6-1)40-29-31-44(32-30-40)55(45-33-35-47(41-19-7-2-8-20-41)51(37-45)43-23-11-4-12-24-43)46-34-36-48(42-21-9-3-10-22-42)54(38-46)56-52-27-15-13-25-49(52)50-26-14-16-28-53(50)56/h1-38H. The Kier molecular flexibility index (Phi) is 8.55. The van der Waals surface area contributed by atoms with Crippen LogP contribution in [0.4, 0.5) is 17.1 Å². The minimum atomic E-state index is 1.07. The molecule has 2 nitrogen and oxygen atoms in total. The molecule has 0 amide bonds. The molecule has 10 rings (SSSR count). The lowest BCUT2D eigenvalue weighted by molar-refractivity contribution is 1.17. The van der Waals surface area contributed by atoms with Crippen molar-refractivity contribution in [1.82, 2.24) is 4.57 Å². The molecule has 0 radical (unpaired) electrons. The van der Waals surface area contributed by atoms with Gasteiger partial charge in [-0.2, -0.15) is 0 Å². The second-order valence-corrected chi connectivity index (χ2v) is 14.1. The van der Waals surface area contributed by atoms with Crippen LogP contribution >= 0.6 is 0 Å². The SMILES string of the molecule is c1ccc(-c2ccc(N(c3ccc(-c4ccccc4)c(-c4ccccc4)c3)c3ccc(-c4ccccc4)c(-n4c5ccccc5c5ccccc54)c3)cc2)cc1. The minimum Gasteiger partial charge on any atom is -0.310 e. The second-order valence-electron chi connectivity index (χ2n) is 14.1. The molecule has 10 aromatic rings. The summed E-state index contributed by atoms with van der Waals surface area (Å²) in [5, 5.41) is 2.48. The van der Waals surface area contributed by atoms with Crippen molar-refractivity contribution in [1.29, 1.82) is 0 Å². The third-order valence-corrected chi connectivity index (χ3v) is 10.8. The van der Waals surface area contributed by atoms with Crippen molar-refractivity contribution in [3.05, 3.63) is 231 Å². The third-order valence-electron chi connectivity index (χ3n) is 10.8. The van der Waals surface area contributed by atoms with Gasteiger partial charge in [0.15, 0.2) is 0 Å². The minimum absolute atomic E-state index is 1.07. The molecule has 2 heteroatoms. The summed E-state index contributed by atoms with van der Waals surface area (Å²) in [4.78, 5) is 2.40. The van der Waals surface area contributed by atoms with Crippen molar-refractivity contribution in [3.8, 4) is 50.2 Å². The highest BCUT2D eigenvalue weighted by atomic mass is 15.1. The summed E-state index contributed by atoms with van der Waals surface area (Å²) in [5.74, 6) is 0. The Bertz CT molecular complexity index is 2880. The molecule has 0 bridgehead atoms. The first-order valence-corrected chi connectivity index (χ1v) is 19.2. The molecule has 0 saturated heterocycles. The summed E-state index contributed by atoms with van der Waals surface area (Å²) >= 11 is 0. The van der Waals surface area contributed by atoms with E-state index in [-0.39, 0.29) is 0 Å². The maximum atomic E-state index is 2.45. The summed E-state index contributed by atoms with van der Waals surface area (Å²) in [6.45, 7) is 0. The molecule has 0 aliphatic rings. The van der Waals surface area contributed by atoms with Gasteiger partial charge in [-0.05, 0) is 87.5 Å². The Morgan fingerprint density at radius 1 is 0.268 bits per heavy atom. The van der Waals surface area contributed by atoms with Crippen LogP contribution in [-0.4, -0.2) is 4.57 Å². The van der Waals surface area contributed by atoms with E-state index in [4.69, 9.17) is 0 Å². The van der Waals surface area contributed by atoms with Gasteiger partial charge in [0.05, 0.1) is 16.7 Å². The number of nitrogens with zero attached hydrogens (tertiary/aromatic N) is 2. The van der Waals surface area contributed by atoms with Crippen molar-refractivity contribution in [2.75, 3.05) is 4.90 Å². The molecular weight excluding hydrogens is 677 g/mol. The molecule has 0 N–H and O–H groups in total. The fourth-order valence-electron chi connectivity index (χ4n) is 8.17. The first-order chi connectivity index (χ1) is 27.8. The monoisotopic (exact) mass is 714 g/mol. The van der Waals surface area contributed by atoms with Crippen molar-refractivity contribution >= 4 is 38.9 Å². The molecule has 0 aliphatic carbocycles. The van der Waals surface area contributed by atoms with Crippen LogP contribution in [0.1, 0.15) is 0 Å². The van der Waals surface area contributed by atoms with Crippen molar-refractivity contribution < 1.29 is 0 Å². The normalized spacial score (nSPS) is 11.2. The van der Waals surface area contributed by atoms with Gasteiger partial charge in [0.2, 0.25) is 0 Å². The number of fused-ring (bicyclic) bond motifs is 3. The number of benzene rings is 9. The van der Waals surface area contributed by atoms with Crippen LogP contribution in [-0.2, 0) is 0 Å². The van der Waals surface area contributed by atoms with Gasteiger partial charge in [-0.25, -0.2) is 0 Å². The quantitative estimate of drug-likeness (QED) is 0.152. The molecule has 1 heterocycles. The molecule has 0 saturated carbocycles. The second kappa shape index (κ2) is 14.4. The van der Waals surface area contributed by atoms with Crippen LogP contribution in [0.15, 0.2) is 231 Å². The van der Waals surface area contributed by atoms with Gasteiger partial charge in [0.1, 0.15) is 0 Å². The van der Waals surface area contributed by atoms with Gasteiger partial charge in [0, 0.05) is 33.4 Å². The maximum absolute atomic E-state index is 2.45. The van der Waals surface area contributed by atoms with Gasteiger partial charge in [-0.15, -0.1) is 0 Å². The Morgan fingerprint density at radius 2 is 0.661 bits per heavy atom. The van der Waals surface area contributed by atoms with Gasteiger partial charge < -0.3 is 9.47 Å². The summed E-state index contributed by atoms with van der Waals surface area (Å²) in [5.41, 5.74) is 16.2. The number of hydrogen-bond acceptors (Lipinski definition) is 1. The van der Waals surface area contributed by atoms with E-state index in [0.29, 0.717) is 0 Å². The highest BCUT2D eigenvalue weighted by Crippen LogP contribution is 2.44. The number of para-hydroxylation sites is 2. The fourth-order valence-corrected chi connectivity index (χ4v) is 8.17. The summed E-state index contributed by atoms with van der Waals surface area (Å²) < 4.78 is 2.45. The average Bonchev–Trinajstić information content (AvgIpc) is 3.62. The lowest BCUT2D eigenvalue weighted by Gasteiger charge is -2.28. The molecule has 9 aromatic carbocycles. The fraction of sp³-hybridized carbons (Fsp3) is 0. The van der Waals surface area contributed by atoms with E-state index in [2.05, 4.69) is 240 Å². The number of aromatic nitrogens is 1. The Morgan fingerprint density at radius 3 is 1.21 bits per heavy atom. The van der Waals surface area contributed by atoms with Crippen LogP contribution in [0.5, 0.6) is 0 Å². The highest BCUT2D eigenvalue weighted by molar-refractivity contribution is 6.10.